The summed E-state index contributed by atoms with van der Waals surface area (Å²) in [4.78, 5) is 0.782. The molecule has 0 spiro atoms. The van der Waals surface area contributed by atoms with Crippen molar-refractivity contribution in [3.8, 4) is 10.6 Å². The number of methoxy groups -OCH3 is 1. The van der Waals surface area contributed by atoms with E-state index in [1.165, 1.54) is 22.1 Å². The number of nitrogens with zero attached hydrogens (tertiary/aromatic N) is 4. The number of hydrogen-bond acceptors (Lipinski definition) is 5. The zero-order chi connectivity index (χ0) is 14.2. The average molecular weight is 296 g/mol. The van der Waals surface area contributed by atoms with Gasteiger partial charge in [-0.05, 0) is 10.8 Å². The summed E-state index contributed by atoms with van der Waals surface area (Å²) in [6, 6.07) is 14.6. The Hall–Kier alpha value is -2.31. The lowest BCUT2D eigenvalue weighted by Crippen LogP contribution is -1.97. The van der Waals surface area contributed by atoms with Gasteiger partial charge in [-0.25, -0.2) is 0 Å². The zero-order valence-electron chi connectivity index (χ0n) is 11.4. The van der Waals surface area contributed by atoms with Gasteiger partial charge in [0.1, 0.15) is 11.6 Å². The summed E-state index contributed by atoms with van der Waals surface area (Å²) in [6.07, 6.45) is 0. The molecule has 4 aromatic rings. The van der Waals surface area contributed by atoms with Gasteiger partial charge in [0.25, 0.3) is 0 Å². The minimum atomic E-state index is 0.403. The van der Waals surface area contributed by atoms with Crippen LogP contribution in [-0.2, 0) is 11.3 Å². The molecule has 0 aliphatic carbocycles. The van der Waals surface area contributed by atoms with Crippen LogP contribution in [-0.4, -0.2) is 26.9 Å². The predicted octanol–water partition coefficient (Wildman–Crippen LogP) is 3.15. The highest BCUT2D eigenvalue weighted by Gasteiger charge is 2.14. The monoisotopic (exact) mass is 296 g/mol. The van der Waals surface area contributed by atoms with Crippen LogP contribution in [0.1, 0.15) is 5.82 Å². The summed E-state index contributed by atoms with van der Waals surface area (Å²) in [6.45, 7) is 0.403. The van der Waals surface area contributed by atoms with Crippen LogP contribution in [0.4, 0.5) is 0 Å². The van der Waals surface area contributed by atoms with Crippen molar-refractivity contribution in [1.29, 1.82) is 0 Å². The maximum atomic E-state index is 5.12. The largest absolute Gasteiger partial charge is 0.377 e. The van der Waals surface area contributed by atoms with Crippen molar-refractivity contribution >= 4 is 27.1 Å². The Morgan fingerprint density at radius 3 is 2.86 bits per heavy atom. The lowest BCUT2D eigenvalue weighted by molar-refractivity contribution is 0.176. The average Bonchev–Trinajstić information content (AvgIpc) is 3.09. The van der Waals surface area contributed by atoms with Gasteiger partial charge in [0.05, 0.1) is 0 Å². The molecule has 0 atom stereocenters. The van der Waals surface area contributed by atoms with Crippen LogP contribution < -0.4 is 0 Å². The maximum absolute atomic E-state index is 5.12. The molecule has 0 bridgehead atoms. The van der Waals surface area contributed by atoms with Crippen LogP contribution in [0.5, 0.6) is 0 Å². The van der Waals surface area contributed by atoms with Gasteiger partial charge in [-0.15, -0.1) is 10.2 Å². The smallest absolute Gasteiger partial charge is 0.235 e. The van der Waals surface area contributed by atoms with Crippen LogP contribution in [0.15, 0.2) is 42.5 Å². The highest BCUT2D eigenvalue weighted by Crippen LogP contribution is 2.31. The second kappa shape index (κ2) is 4.91. The van der Waals surface area contributed by atoms with E-state index in [0.29, 0.717) is 6.61 Å². The van der Waals surface area contributed by atoms with E-state index in [1.54, 1.807) is 11.6 Å². The summed E-state index contributed by atoms with van der Waals surface area (Å²) in [5.74, 6) is 0.718. The standard InChI is InChI=1S/C15H12N4OS/c1-20-9-13-16-17-15-19(13)18-14(21-15)12-8-4-6-10-5-2-3-7-11(10)12/h2-8H,9H2,1H3. The first-order valence-electron chi connectivity index (χ1n) is 6.55. The molecule has 0 amide bonds. The Morgan fingerprint density at radius 1 is 1.10 bits per heavy atom. The summed E-state index contributed by atoms with van der Waals surface area (Å²) in [7, 11) is 1.64. The third-order valence-electron chi connectivity index (χ3n) is 3.35. The summed E-state index contributed by atoms with van der Waals surface area (Å²) in [5.41, 5.74) is 1.12. The molecule has 0 unspecified atom stereocenters. The fourth-order valence-corrected chi connectivity index (χ4v) is 3.29. The molecular formula is C15H12N4OS. The number of aromatic nitrogens is 4. The molecule has 0 saturated heterocycles. The van der Waals surface area contributed by atoms with Gasteiger partial charge < -0.3 is 4.74 Å². The van der Waals surface area contributed by atoms with E-state index in [9.17, 15) is 0 Å². The number of hydrogen-bond donors (Lipinski definition) is 0. The van der Waals surface area contributed by atoms with Gasteiger partial charge in [0, 0.05) is 12.7 Å². The molecule has 0 fully saturated rings. The number of rotatable bonds is 3. The fourth-order valence-electron chi connectivity index (χ4n) is 2.40. The van der Waals surface area contributed by atoms with Crippen LogP contribution in [0.2, 0.25) is 0 Å². The molecular weight excluding hydrogens is 284 g/mol. The Kier molecular flexibility index (Phi) is 2.90. The van der Waals surface area contributed by atoms with E-state index >= 15 is 0 Å². The molecule has 0 radical (unpaired) electrons. The van der Waals surface area contributed by atoms with Crippen molar-refractivity contribution in [2.75, 3.05) is 7.11 Å². The molecule has 6 heteroatoms. The molecule has 104 valence electrons. The fraction of sp³-hybridized carbons (Fsp3) is 0.133. The van der Waals surface area contributed by atoms with Gasteiger partial charge in [0.2, 0.25) is 4.96 Å². The van der Waals surface area contributed by atoms with Crippen LogP contribution in [0.25, 0.3) is 26.3 Å². The number of fused-ring (bicyclic) bond motifs is 2. The van der Waals surface area contributed by atoms with E-state index in [-0.39, 0.29) is 0 Å². The third kappa shape index (κ3) is 2.00. The van der Waals surface area contributed by atoms with Crippen molar-refractivity contribution in [3.63, 3.8) is 0 Å². The first-order chi connectivity index (χ1) is 10.4. The summed E-state index contributed by atoms with van der Waals surface area (Å²) < 4.78 is 6.88. The highest BCUT2D eigenvalue weighted by molar-refractivity contribution is 7.19. The van der Waals surface area contributed by atoms with Crippen molar-refractivity contribution in [2.24, 2.45) is 0 Å². The molecule has 0 aliphatic heterocycles. The normalized spacial score (nSPS) is 11.5. The maximum Gasteiger partial charge on any atom is 0.235 e. The van der Waals surface area contributed by atoms with Crippen molar-refractivity contribution in [3.05, 3.63) is 48.3 Å². The first-order valence-corrected chi connectivity index (χ1v) is 7.36. The van der Waals surface area contributed by atoms with E-state index < -0.39 is 0 Å². The molecule has 2 aromatic heterocycles. The minimum absolute atomic E-state index is 0.403. The SMILES string of the molecule is COCc1nnc2sc(-c3cccc4ccccc34)nn12. The summed E-state index contributed by atoms with van der Waals surface area (Å²) in [5, 5.41) is 16.2. The van der Waals surface area contributed by atoms with Gasteiger partial charge in [-0.1, -0.05) is 53.8 Å². The molecule has 5 nitrogen and oxygen atoms in total. The zero-order valence-corrected chi connectivity index (χ0v) is 12.2. The topological polar surface area (TPSA) is 52.3 Å². The Morgan fingerprint density at radius 2 is 1.95 bits per heavy atom. The van der Waals surface area contributed by atoms with Crippen molar-refractivity contribution < 1.29 is 4.74 Å². The summed E-state index contributed by atoms with van der Waals surface area (Å²) >= 11 is 1.53. The van der Waals surface area contributed by atoms with Gasteiger partial charge in [-0.3, -0.25) is 0 Å². The van der Waals surface area contributed by atoms with Gasteiger partial charge in [0.15, 0.2) is 5.82 Å². The van der Waals surface area contributed by atoms with E-state index in [4.69, 9.17) is 4.74 Å². The molecule has 2 aromatic carbocycles. The van der Waals surface area contributed by atoms with E-state index in [2.05, 4.69) is 45.6 Å². The van der Waals surface area contributed by atoms with Crippen LogP contribution in [0.3, 0.4) is 0 Å². The predicted molar refractivity (Wildman–Crippen MR) is 82.3 cm³/mol. The number of benzene rings is 2. The quantitative estimate of drug-likeness (QED) is 0.583. The Labute approximate surface area is 124 Å². The second-order valence-corrected chi connectivity index (χ2v) is 5.63. The first kappa shape index (κ1) is 12.4. The molecule has 0 N–H and O–H groups in total. The molecule has 0 aliphatic rings. The molecule has 21 heavy (non-hydrogen) atoms. The van der Waals surface area contributed by atoms with Gasteiger partial charge in [-0.2, -0.15) is 9.61 Å². The highest BCUT2D eigenvalue weighted by atomic mass is 32.1. The molecule has 2 heterocycles. The van der Waals surface area contributed by atoms with Crippen molar-refractivity contribution in [2.45, 2.75) is 6.61 Å². The van der Waals surface area contributed by atoms with E-state index in [0.717, 1.165) is 21.4 Å². The number of ether oxygens (including phenoxy) is 1. The molecule has 0 saturated carbocycles. The van der Waals surface area contributed by atoms with Gasteiger partial charge >= 0.3 is 0 Å². The van der Waals surface area contributed by atoms with Crippen LogP contribution >= 0.6 is 11.3 Å². The van der Waals surface area contributed by atoms with Crippen molar-refractivity contribution in [1.82, 2.24) is 19.8 Å². The lowest BCUT2D eigenvalue weighted by atomic mass is 10.1. The van der Waals surface area contributed by atoms with Crippen LogP contribution in [0, 0.1) is 0 Å². The van der Waals surface area contributed by atoms with E-state index in [1.807, 2.05) is 12.1 Å². The lowest BCUT2D eigenvalue weighted by Gasteiger charge is -2.02. The Balaban J connectivity index is 1.92. The minimum Gasteiger partial charge on any atom is -0.377 e. The third-order valence-corrected chi connectivity index (χ3v) is 4.28. The molecule has 4 rings (SSSR count). The second-order valence-electron chi connectivity index (χ2n) is 4.68. The Bertz CT molecular complexity index is 922.